The summed E-state index contributed by atoms with van der Waals surface area (Å²) in [7, 11) is 0. The molecular formula is C34H43F7O3. The number of rotatable bonds is 14. The van der Waals surface area contributed by atoms with E-state index in [-0.39, 0.29) is 31.9 Å². The van der Waals surface area contributed by atoms with Crippen molar-refractivity contribution < 1.29 is 44.9 Å². The number of ether oxygens (including phenoxy) is 3. The van der Waals surface area contributed by atoms with E-state index in [0.29, 0.717) is 22.8 Å². The van der Waals surface area contributed by atoms with Crippen LogP contribution in [0.5, 0.6) is 11.5 Å². The standard InChI is InChI=1S/C34H43F7O3/c1-3-32(21-42-22-32)18-6-5-8-23-10-12-24(13-11-23)26-15-14-25(27(35)20-26)9-7-19-44-29-17-16-28(43-4-2)30(33(36,37)38)31(29)34(39,40)41/h14-17,20,23-24H,3-13,18-19,21-22H2,1-2H3. The molecule has 44 heavy (non-hydrogen) atoms. The zero-order valence-corrected chi connectivity index (χ0v) is 25.5. The van der Waals surface area contributed by atoms with Gasteiger partial charge in [-0.3, -0.25) is 0 Å². The fraction of sp³-hybridized carbons (Fsp3) is 0.647. The second kappa shape index (κ2) is 14.7. The second-order valence-electron chi connectivity index (χ2n) is 12.4. The normalized spacial score (nSPS) is 20.3. The maximum absolute atomic E-state index is 15.0. The summed E-state index contributed by atoms with van der Waals surface area (Å²) in [5.41, 5.74) is -2.07. The number of benzene rings is 2. The highest BCUT2D eigenvalue weighted by atomic mass is 19.4. The number of hydrogen-bond donors (Lipinski definition) is 0. The fourth-order valence-electron chi connectivity index (χ4n) is 6.62. The van der Waals surface area contributed by atoms with E-state index < -0.39 is 35.0 Å². The Hall–Kier alpha value is -2.49. The molecule has 2 aromatic carbocycles. The first kappa shape index (κ1) is 34.4. The topological polar surface area (TPSA) is 27.7 Å². The highest BCUT2D eigenvalue weighted by Crippen LogP contribution is 2.49. The molecule has 2 aliphatic rings. The maximum atomic E-state index is 15.0. The Kier molecular flexibility index (Phi) is 11.5. The van der Waals surface area contributed by atoms with Crippen molar-refractivity contribution >= 4 is 0 Å². The molecule has 246 valence electrons. The molecule has 0 radical (unpaired) electrons. The van der Waals surface area contributed by atoms with Gasteiger partial charge < -0.3 is 14.2 Å². The maximum Gasteiger partial charge on any atom is 0.420 e. The minimum absolute atomic E-state index is 0.125. The highest BCUT2D eigenvalue weighted by Gasteiger charge is 2.48. The van der Waals surface area contributed by atoms with E-state index in [4.69, 9.17) is 14.2 Å². The van der Waals surface area contributed by atoms with Crippen molar-refractivity contribution in [2.24, 2.45) is 11.3 Å². The second-order valence-corrected chi connectivity index (χ2v) is 12.4. The third kappa shape index (κ3) is 8.61. The molecule has 2 fully saturated rings. The van der Waals surface area contributed by atoms with Crippen LogP contribution in [0.3, 0.4) is 0 Å². The number of hydrogen-bond acceptors (Lipinski definition) is 3. The van der Waals surface area contributed by atoms with E-state index in [0.717, 1.165) is 56.6 Å². The third-order valence-electron chi connectivity index (χ3n) is 9.37. The van der Waals surface area contributed by atoms with Crippen molar-refractivity contribution in [2.45, 2.75) is 103 Å². The Morgan fingerprint density at radius 3 is 1.98 bits per heavy atom. The van der Waals surface area contributed by atoms with Crippen LogP contribution < -0.4 is 9.47 Å². The average Bonchev–Trinajstić information content (AvgIpc) is 2.95. The van der Waals surface area contributed by atoms with Crippen LogP contribution in [0.15, 0.2) is 30.3 Å². The summed E-state index contributed by atoms with van der Waals surface area (Å²) in [4.78, 5) is 0. The molecule has 1 saturated carbocycles. The number of unbranched alkanes of at least 4 members (excludes halogenated alkanes) is 1. The van der Waals surface area contributed by atoms with Gasteiger partial charge in [0.25, 0.3) is 0 Å². The molecule has 0 spiro atoms. The van der Waals surface area contributed by atoms with Crippen molar-refractivity contribution in [1.29, 1.82) is 0 Å². The fourth-order valence-corrected chi connectivity index (χ4v) is 6.62. The molecule has 1 aliphatic heterocycles. The van der Waals surface area contributed by atoms with Crippen molar-refractivity contribution in [3.8, 4) is 11.5 Å². The molecule has 0 unspecified atom stereocenters. The minimum Gasteiger partial charge on any atom is -0.493 e. The Bertz CT molecular complexity index is 1210. The van der Waals surface area contributed by atoms with Crippen molar-refractivity contribution in [3.05, 3.63) is 58.4 Å². The highest BCUT2D eigenvalue weighted by molar-refractivity contribution is 5.52. The van der Waals surface area contributed by atoms with Crippen LogP contribution in [0, 0.1) is 17.2 Å². The predicted molar refractivity (Wildman–Crippen MR) is 155 cm³/mol. The van der Waals surface area contributed by atoms with Crippen LogP contribution in [0.1, 0.15) is 106 Å². The Balaban J connectivity index is 1.26. The first-order valence-corrected chi connectivity index (χ1v) is 15.8. The molecule has 0 aromatic heterocycles. The van der Waals surface area contributed by atoms with E-state index in [1.165, 1.54) is 39.0 Å². The van der Waals surface area contributed by atoms with Gasteiger partial charge in [0.05, 0.1) is 26.4 Å². The van der Waals surface area contributed by atoms with E-state index in [1.54, 1.807) is 12.1 Å². The molecule has 10 heteroatoms. The quantitative estimate of drug-likeness (QED) is 0.153. The lowest BCUT2D eigenvalue weighted by Gasteiger charge is -2.41. The van der Waals surface area contributed by atoms with Gasteiger partial charge in [-0.25, -0.2) is 4.39 Å². The molecular weight excluding hydrogens is 589 g/mol. The monoisotopic (exact) mass is 632 g/mol. The molecule has 1 aliphatic carbocycles. The van der Waals surface area contributed by atoms with E-state index >= 15 is 0 Å². The van der Waals surface area contributed by atoms with Gasteiger partial charge in [0.15, 0.2) is 0 Å². The smallest absolute Gasteiger partial charge is 0.420 e. The van der Waals surface area contributed by atoms with Crippen molar-refractivity contribution in [1.82, 2.24) is 0 Å². The molecule has 2 aromatic rings. The largest absolute Gasteiger partial charge is 0.493 e. The van der Waals surface area contributed by atoms with Crippen LogP contribution >= 0.6 is 0 Å². The summed E-state index contributed by atoms with van der Waals surface area (Å²) in [6.07, 6.45) is 0.128. The molecule has 0 bridgehead atoms. The van der Waals surface area contributed by atoms with Gasteiger partial charge in [0, 0.05) is 5.41 Å². The predicted octanol–water partition coefficient (Wildman–Crippen LogP) is 10.5. The summed E-state index contributed by atoms with van der Waals surface area (Å²) in [6, 6.07) is 6.83. The summed E-state index contributed by atoms with van der Waals surface area (Å²) < 4.78 is 113. The Morgan fingerprint density at radius 2 is 1.45 bits per heavy atom. The van der Waals surface area contributed by atoms with Crippen molar-refractivity contribution in [3.63, 3.8) is 0 Å². The Labute approximate surface area is 255 Å². The number of alkyl halides is 6. The summed E-state index contributed by atoms with van der Waals surface area (Å²) >= 11 is 0. The van der Waals surface area contributed by atoms with Crippen LogP contribution in [0.4, 0.5) is 30.7 Å². The van der Waals surface area contributed by atoms with E-state index in [2.05, 4.69) is 6.92 Å². The minimum atomic E-state index is -5.32. The lowest BCUT2D eigenvalue weighted by atomic mass is 9.75. The first-order chi connectivity index (χ1) is 20.9. The van der Waals surface area contributed by atoms with Crippen LogP contribution in [-0.2, 0) is 23.5 Å². The molecule has 1 heterocycles. The summed E-state index contributed by atoms with van der Waals surface area (Å²) in [5, 5.41) is 0. The van der Waals surface area contributed by atoms with Gasteiger partial charge in [-0.05, 0) is 99.5 Å². The molecule has 1 saturated heterocycles. The van der Waals surface area contributed by atoms with E-state index in [9.17, 15) is 30.7 Å². The molecule has 3 nitrogen and oxygen atoms in total. The lowest BCUT2D eigenvalue weighted by Crippen LogP contribution is -2.41. The van der Waals surface area contributed by atoms with Crippen molar-refractivity contribution in [2.75, 3.05) is 26.4 Å². The molecule has 0 amide bonds. The van der Waals surface area contributed by atoms with Crippen LogP contribution in [0.2, 0.25) is 0 Å². The van der Waals surface area contributed by atoms with Gasteiger partial charge in [0.1, 0.15) is 28.4 Å². The van der Waals surface area contributed by atoms with Crippen LogP contribution in [-0.4, -0.2) is 26.4 Å². The van der Waals surface area contributed by atoms with Gasteiger partial charge in [-0.15, -0.1) is 0 Å². The van der Waals surface area contributed by atoms with Gasteiger partial charge >= 0.3 is 12.4 Å². The van der Waals surface area contributed by atoms with Gasteiger partial charge in [-0.1, -0.05) is 38.3 Å². The van der Waals surface area contributed by atoms with E-state index in [1.807, 2.05) is 6.07 Å². The molecule has 4 rings (SSSR count). The zero-order valence-electron chi connectivity index (χ0n) is 25.5. The SMILES string of the molecule is CCOc1ccc(OCCCc2ccc(C3CCC(CCCCC4(CC)COC4)CC3)cc2F)c(C(F)(F)F)c1C(F)(F)F. The van der Waals surface area contributed by atoms with Gasteiger partial charge in [-0.2, -0.15) is 26.3 Å². The Morgan fingerprint density at radius 1 is 0.818 bits per heavy atom. The third-order valence-corrected chi connectivity index (χ3v) is 9.37. The molecule has 0 atom stereocenters. The summed E-state index contributed by atoms with van der Waals surface area (Å²) in [6.45, 7) is 4.88. The molecule has 0 N–H and O–H groups in total. The number of halogens is 7. The first-order valence-electron chi connectivity index (χ1n) is 15.8. The summed E-state index contributed by atoms with van der Waals surface area (Å²) in [5.74, 6) is -1.21. The zero-order chi connectivity index (χ0) is 32.0. The van der Waals surface area contributed by atoms with Gasteiger partial charge in [0.2, 0.25) is 0 Å². The van der Waals surface area contributed by atoms with Crippen LogP contribution in [0.25, 0.3) is 0 Å². The average molecular weight is 633 g/mol. The lowest BCUT2D eigenvalue weighted by molar-refractivity contribution is -0.164. The number of aryl methyl sites for hydroxylation is 1.